The van der Waals surface area contributed by atoms with Crippen molar-refractivity contribution in [3.8, 4) is 0 Å². The largest absolute Gasteiger partial charge is 0.325 e. The van der Waals surface area contributed by atoms with E-state index in [0.717, 1.165) is 0 Å². The SMILES string of the molecule is CC(C)(N)C1(C)CCCCCCCCC1. The van der Waals surface area contributed by atoms with Gasteiger partial charge in [-0.3, -0.25) is 0 Å². The van der Waals surface area contributed by atoms with Gasteiger partial charge in [0, 0.05) is 5.54 Å². The second kappa shape index (κ2) is 5.34. The normalized spacial score (nSPS) is 24.8. The monoisotopic (exact) mass is 211 g/mol. The van der Waals surface area contributed by atoms with Gasteiger partial charge in [0.25, 0.3) is 0 Å². The molecule has 0 aromatic rings. The van der Waals surface area contributed by atoms with Gasteiger partial charge in [-0.2, -0.15) is 0 Å². The third-order valence-electron chi connectivity index (χ3n) is 4.51. The molecule has 0 atom stereocenters. The first kappa shape index (κ1) is 13.0. The predicted molar refractivity (Wildman–Crippen MR) is 67.9 cm³/mol. The minimum atomic E-state index is -0.0216. The van der Waals surface area contributed by atoms with Crippen LogP contribution in [0.4, 0.5) is 0 Å². The van der Waals surface area contributed by atoms with E-state index >= 15 is 0 Å². The van der Waals surface area contributed by atoms with Crippen molar-refractivity contribution in [2.24, 2.45) is 11.1 Å². The zero-order valence-corrected chi connectivity index (χ0v) is 10.9. The molecule has 1 rings (SSSR count). The summed E-state index contributed by atoms with van der Waals surface area (Å²) in [6.07, 6.45) is 12.5. The first-order valence-electron chi connectivity index (χ1n) is 6.75. The Morgan fingerprint density at radius 3 is 1.47 bits per heavy atom. The summed E-state index contributed by atoms with van der Waals surface area (Å²) >= 11 is 0. The minimum Gasteiger partial charge on any atom is -0.325 e. The summed E-state index contributed by atoms with van der Waals surface area (Å²) in [6, 6.07) is 0. The van der Waals surface area contributed by atoms with E-state index in [-0.39, 0.29) is 5.54 Å². The highest BCUT2D eigenvalue weighted by atomic mass is 14.8. The molecule has 0 bridgehead atoms. The van der Waals surface area contributed by atoms with Crippen LogP contribution in [0.2, 0.25) is 0 Å². The van der Waals surface area contributed by atoms with Crippen LogP contribution < -0.4 is 5.73 Å². The van der Waals surface area contributed by atoms with Crippen molar-refractivity contribution >= 4 is 0 Å². The van der Waals surface area contributed by atoms with Gasteiger partial charge in [0.15, 0.2) is 0 Å². The van der Waals surface area contributed by atoms with Crippen LogP contribution in [-0.4, -0.2) is 5.54 Å². The van der Waals surface area contributed by atoms with Gasteiger partial charge in [-0.05, 0) is 32.1 Å². The molecule has 2 N–H and O–H groups in total. The summed E-state index contributed by atoms with van der Waals surface area (Å²) in [5.74, 6) is 0. The quantitative estimate of drug-likeness (QED) is 0.689. The number of hydrogen-bond acceptors (Lipinski definition) is 1. The van der Waals surface area contributed by atoms with E-state index in [1.807, 2.05) is 0 Å². The van der Waals surface area contributed by atoms with Crippen LogP contribution in [0.25, 0.3) is 0 Å². The van der Waals surface area contributed by atoms with Gasteiger partial charge < -0.3 is 5.73 Å². The third-order valence-corrected chi connectivity index (χ3v) is 4.51. The van der Waals surface area contributed by atoms with Crippen molar-refractivity contribution in [2.75, 3.05) is 0 Å². The lowest BCUT2D eigenvalue weighted by Crippen LogP contribution is -2.49. The van der Waals surface area contributed by atoms with Crippen LogP contribution >= 0.6 is 0 Å². The van der Waals surface area contributed by atoms with E-state index in [1.54, 1.807) is 0 Å². The van der Waals surface area contributed by atoms with Crippen LogP contribution in [0.1, 0.15) is 78.6 Å². The van der Waals surface area contributed by atoms with Gasteiger partial charge in [-0.25, -0.2) is 0 Å². The third kappa shape index (κ3) is 3.79. The maximum absolute atomic E-state index is 6.35. The second-order valence-corrected chi connectivity index (χ2v) is 6.26. The van der Waals surface area contributed by atoms with Gasteiger partial charge in [0.05, 0.1) is 0 Å². The first-order valence-corrected chi connectivity index (χ1v) is 6.75. The van der Waals surface area contributed by atoms with Crippen LogP contribution in [0.5, 0.6) is 0 Å². The molecule has 0 spiro atoms. The Bertz CT molecular complexity index is 168. The maximum Gasteiger partial charge on any atom is 0.0151 e. The van der Waals surface area contributed by atoms with Gasteiger partial charge in [-0.1, -0.05) is 51.9 Å². The minimum absolute atomic E-state index is 0.0216. The lowest BCUT2D eigenvalue weighted by molar-refractivity contribution is 0.133. The van der Waals surface area contributed by atoms with Gasteiger partial charge in [0.2, 0.25) is 0 Å². The van der Waals surface area contributed by atoms with Gasteiger partial charge in [-0.15, -0.1) is 0 Å². The second-order valence-electron chi connectivity index (χ2n) is 6.26. The molecule has 0 amide bonds. The molecular weight excluding hydrogens is 182 g/mol. The molecular formula is C14H29N. The molecule has 1 aliphatic carbocycles. The standard InChI is InChI=1S/C14H29N/c1-13(2,15)14(3)11-9-7-5-4-6-8-10-12-14/h4-12,15H2,1-3H3. The molecule has 0 radical (unpaired) electrons. The van der Waals surface area contributed by atoms with Gasteiger partial charge >= 0.3 is 0 Å². The predicted octanol–water partition coefficient (Wildman–Crippen LogP) is 4.25. The topological polar surface area (TPSA) is 26.0 Å². The molecule has 15 heavy (non-hydrogen) atoms. The lowest BCUT2D eigenvalue weighted by Gasteiger charge is -2.42. The Morgan fingerprint density at radius 2 is 1.13 bits per heavy atom. The van der Waals surface area contributed by atoms with E-state index in [0.29, 0.717) is 5.41 Å². The molecule has 1 aliphatic rings. The molecule has 90 valence electrons. The molecule has 0 aromatic heterocycles. The fraction of sp³-hybridized carbons (Fsp3) is 1.00. The fourth-order valence-corrected chi connectivity index (χ4v) is 2.68. The van der Waals surface area contributed by atoms with Crippen molar-refractivity contribution in [1.82, 2.24) is 0 Å². The average molecular weight is 211 g/mol. The van der Waals surface area contributed by atoms with Crippen LogP contribution in [0.15, 0.2) is 0 Å². The molecule has 1 nitrogen and oxygen atoms in total. The maximum atomic E-state index is 6.35. The van der Waals surface area contributed by atoms with Crippen molar-refractivity contribution in [3.63, 3.8) is 0 Å². The molecule has 0 saturated heterocycles. The summed E-state index contributed by atoms with van der Waals surface area (Å²) in [5, 5.41) is 0. The van der Waals surface area contributed by atoms with Crippen molar-refractivity contribution in [3.05, 3.63) is 0 Å². The van der Waals surface area contributed by atoms with E-state index in [1.165, 1.54) is 57.8 Å². The first-order chi connectivity index (χ1) is 6.96. The van der Waals surface area contributed by atoms with Crippen molar-refractivity contribution in [1.29, 1.82) is 0 Å². The summed E-state index contributed by atoms with van der Waals surface area (Å²) < 4.78 is 0. The molecule has 0 aliphatic heterocycles. The van der Waals surface area contributed by atoms with Gasteiger partial charge in [0.1, 0.15) is 0 Å². The Hall–Kier alpha value is -0.0400. The summed E-state index contributed by atoms with van der Waals surface area (Å²) in [6.45, 7) is 6.81. The smallest absolute Gasteiger partial charge is 0.0151 e. The fourth-order valence-electron chi connectivity index (χ4n) is 2.68. The lowest BCUT2D eigenvalue weighted by atomic mass is 9.67. The molecule has 1 saturated carbocycles. The molecule has 1 fully saturated rings. The zero-order valence-electron chi connectivity index (χ0n) is 10.9. The van der Waals surface area contributed by atoms with E-state index in [4.69, 9.17) is 5.73 Å². The summed E-state index contributed by atoms with van der Waals surface area (Å²) in [7, 11) is 0. The van der Waals surface area contributed by atoms with E-state index in [9.17, 15) is 0 Å². The van der Waals surface area contributed by atoms with Crippen LogP contribution in [-0.2, 0) is 0 Å². The molecule has 0 unspecified atom stereocenters. The van der Waals surface area contributed by atoms with Crippen LogP contribution in [0, 0.1) is 5.41 Å². The summed E-state index contributed by atoms with van der Waals surface area (Å²) in [5.41, 5.74) is 6.68. The van der Waals surface area contributed by atoms with Crippen molar-refractivity contribution in [2.45, 2.75) is 84.1 Å². The highest BCUT2D eigenvalue weighted by Gasteiger charge is 2.36. The van der Waals surface area contributed by atoms with E-state index < -0.39 is 0 Å². The Labute approximate surface area is 95.8 Å². The van der Waals surface area contributed by atoms with E-state index in [2.05, 4.69) is 20.8 Å². The Morgan fingerprint density at radius 1 is 0.800 bits per heavy atom. The van der Waals surface area contributed by atoms with Crippen molar-refractivity contribution < 1.29 is 0 Å². The molecule has 1 heteroatoms. The Kier molecular flexibility index (Phi) is 4.64. The zero-order chi connectivity index (χ0) is 11.4. The molecule has 0 heterocycles. The highest BCUT2D eigenvalue weighted by Crippen LogP contribution is 2.40. The average Bonchev–Trinajstić information content (AvgIpc) is 2.14. The highest BCUT2D eigenvalue weighted by molar-refractivity contribution is 4.93. The Balaban J connectivity index is 2.58. The summed E-state index contributed by atoms with van der Waals surface area (Å²) in [4.78, 5) is 0. The number of hydrogen-bond donors (Lipinski definition) is 1. The van der Waals surface area contributed by atoms with Crippen LogP contribution in [0.3, 0.4) is 0 Å². The number of nitrogens with two attached hydrogens (primary N) is 1. The molecule has 0 aromatic carbocycles. The number of rotatable bonds is 1.